The number of amides is 2. The predicted molar refractivity (Wildman–Crippen MR) is 67.0 cm³/mol. The molecule has 0 aromatic heterocycles. The van der Waals surface area contributed by atoms with E-state index in [1.54, 1.807) is 4.90 Å². The van der Waals surface area contributed by atoms with Crippen LogP contribution in [0.25, 0.3) is 0 Å². The minimum Gasteiger partial charge on any atom is -0.397 e. The number of carbonyl (C=O) groups excluding carboxylic acids is 1. The summed E-state index contributed by atoms with van der Waals surface area (Å²) in [5.74, 6) is 0. The maximum absolute atomic E-state index is 11.9. The second-order valence-electron chi connectivity index (χ2n) is 4.12. The van der Waals surface area contributed by atoms with Crippen molar-refractivity contribution in [3.63, 3.8) is 0 Å². The summed E-state index contributed by atoms with van der Waals surface area (Å²) in [6, 6.07) is 5.47. The highest BCUT2D eigenvalue weighted by atomic mass is 16.5. The van der Waals surface area contributed by atoms with Crippen LogP contribution in [0, 0.1) is 6.92 Å². The van der Waals surface area contributed by atoms with Crippen molar-refractivity contribution in [3.05, 3.63) is 23.8 Å². The molecular weight excluding hydrogens is 218 g/mol. The predicted octanol–water partition coefficient (Wildman–Crippen LogP) is 1.44. The summed E-state index contributed by atoms with van der Waals surface area (Å²) < 4.78 is 5.19. The maximum atomic E-state index is 11.9. The van der Waals surface area contributed by atoms with Crippen LogP contribution in [0.3, 0.4) is 0 Å². The first kappa shape index (κ1) is 11.7. The molecule has 1 aromatic rings. The van der Waals surface area contributed by atoms with Gasteiger partial charge in [0.15, 0.2) is 0 Å². The Hall–Kier alpha value is -1.75. The van der Waals surface area contributed by atoms with Crippen LogP contribution in [-0.2, 0) is 4.74 Å². The highest BCUT2D eigenvalue weighted by Crippen LogP contribution is 2.19. The molecule has 0 spiro atoms. The Balaban J connectivity index is 2.02. The molecule has 1 aromatic carbocycles. The zero-order chi connectivity index (χ0) is 12.3. The molecule has 92 valence electrons. The number of nitrogens with zero attached hydrogens (tertiary/aromatic N) is 1. The van der Waals surface area contributed by atoms with Crippen LogP contribution < -0.4 is 11.1 Å². The van der Waals surface area contributed by atoms with Gasteiger partial charge in [0.1, 0.15) is 0 Å². The number of anilines is 2. The summed E-state index contributed by atoms with van der Waals surface area (Å²) in [7, 11) is 0. The number of nitrogens with two attached hydrogens (primary N) is 1. The molecule has 5 heteroatoms. The van der Waals surface area contributed by atoms with Gasteiger partial charge in [-0.15, -0.1) is 0 Å². The number of benzene rings is 1. The lowest BCUT2D eigenvalue weighted by molar-refractivity contribution is 0.0564. The summed E-state index contributed by atoms with van der Waals surface area (Å²) in [6.07, 6.45) is 0. The molecule has 1 fully saturated rings. The van der Waals surface area contributed by atoms with Gasteiger partial charge >= 0.3 is 6.03 Å². The highest BCUT2D eigenvalue weighted by Gasteiger charge is 2.17. The quantitative estimate of drug-likeness (QED) is 0.724. The molecule has 0 radical (unpaired) electrons. The summed E-state index contributed by atoms with van der Waals surface area (Å²) in [5, 5.41) is 2.81. The second kappa shape index (κ2) is 5.05. The molecule has 17 heavy (non-hydrogen) atoms. The average molecular weight is 235 g/mol. The van der Waals surface area contributed by atoms with E-state index in [-0.39, 0.29) is 6.03 Å². The minimum atomic E-state index is -0.121. The van der Waals surface area contributed by atoms with Crippen LogP contribution in [0.2, 0.25) is 0 Å². The lowest BCUT2D eigenvalue weighted by atomic mass is 10.2. The molecule has 2 rings (SSSR count). The third-order valence-electron chi connectivity index (χ3n) is 2.75. The van der Waals surface area contributed by atoms with Gasteiger partial charge in [-0.05, 0) is 24.6 Å². The van der Waals surface area contributed by atoms with E-state index in [0.29, 0.717) is 37.7 Å². The highest BCUT2D eigenvalue weighted by molar-refractivity contribution is 5.92. The number of aryl methyl sites for hydroxylation is 1. The zero-order valence-corrected chi connectivity index (χ0v) is 9.90. The molecule has 0 bridgehead atoms. The van der Waals surface area contributed by atoms with Crippen molar-refractivity contribution in [2.45, 2.75) is 6.92 Å². The first-order valence-corrected chi connectivity index (χ1v) is 5.66. The van der Waals surface area contributed by atoms with Gasteiger partial charge in [0.2, 0.25) is 0 Å². The molecule has 1 saturated heterocycles. The molecule has 5 nitrogen and oxygen atoms in total. The number of nitrogen functional groups attached to an aromatic ring is 1. The summed E-state index contributed by atoms with van der Waals surface area (Å²) in [6.45, 7) is 4.40. The Morgan fingerprint density at radius 3 is 2.76 bits per heavy atom. The number of nitrogens with one attached hydrogen (secondary N) is 1. The number of morpholine rings is 1. The maximum Gasteiger partial charge on any atom is 0.322 e. The van der Waals surface area contributed by atoms with Crippen LogP contribution in [-0.4, -0.2) is 37.2 Å². The Kier molecular flexibility index (Phi) is 3.49. The molecular formula is C12H17N3O2. The van der Waals surface area contributed by atoms with Gasteiger partial charge < -0.3 is 20.7 Å². The van der Waals surface area contributed by atoms with Crippen molar-refractivity contribution in [2.24, 2.45) is 0 Å². The normalized spacial score (nSPS) is 15.7. The smallest absolute Gasteiger partial charge is 0.322 e. The third-order valence-corrected chi connectivity index (χ3v) is 2.75. The number of ether oxygens (including phenoxy) is 1. The molecule has 1 heterocycles. The Morgan fingerprint density at radius 2 is 2.12 bits per heavy atom. The number of hydrogen-bond donors (Lipinski definition) is 2. The molecule has 1 aliphatic heterocycles. The topological polar surface area (TPSA) is 67.6 Å². The Bertz CT molecular complexity index is 414. The van der Waals surface area contributed by atoms with E-state index < -0.39 is 0 Å². The number of carbonyl (C=O) groups is 1. The molecule has 0 saturated carbocycles. The summed E-state index contributed by atoms with van der Waals surface area (Å²) in [4.78, 5) is 13.6. The van der Waals surface area contributed by atoms with Crippen LogP contribution in [0.5, 0.6) is 0 Å². The third kappa shape index (κ3) is 2.88. The molecule has 1 aliphatic rings. The SMILES string of the molecule is Cc1ccc(NC(=O)N2CCOCC2)c(N)c1. The van der Waals surface area contributed by atoms with E-state index in [4.69, 9.17) is 10.5 Å². The summed E-state index contributed by atoms with van der Waals surface area (Å²) >= 11 is 0. The van der Waals surface area contributed by atoms with E-state index in [2.05, 4.69) is 5.32 Å². The first-order valence-electron chi connectivity index (χ1n) is 5.66. The van der Waals surface area contributed by atoms with Gasteiger partial charge in [-0.2, -0.15) is 0 Å². The van der Waals surface area contributed by atoms with E-state index in [0.717, 1.165) is 5.56 Å². The number of urea groups is 1. The van der Waals surface area contributed by atoms with Crippen molar-refractivity contribution >= 4 is 17.4 Å². The van der Waals surface area contributed by atoms with Crippen molar-refractivity contribution in [3.8, 4) is 0 Å². The fourth-order valence-electron chi connectivity index (χ4n) is 1.76. The van der Waals surface area contributed by atoms with Gasteiger partial charge in [-0.25, -0.2) is 4.79 Å². The van der Waals surface area contributed by atoms with Gasteiger partial charge in [-0.1, -0.05) is 6.07 Å². The van der Waals surface area contributed by atoms with Crippen LogP contribution in [0.1, 0.15) is 5.56 Å². The van der Waals surface area contributed by atoms with Gasteiger partial charge in [0, 0.05) is 13.1 Å². The van der Waals surface area contributed by atoms with Crippen molar-refractivity contribution in [1.29, 1.82) is 0 Å². The molecule has 3 N–H and O–H groups in total. The molecule has 0 atom stereocenters. The van der Waals surface area contributed by atoms with Crippen LogP contribution in [0.4, 0.5) is 16.2 Å². The number of rotatable bonds is 1. The van der Waals surface area contributed by atoms with Gasteiger partial charge in [0.25, 0.3) is 0 Å². The fourth-order valence-corrected chi connectivity index (χ4v) is 1.76. The van der Waals surface area contributed by atoms with Crippen molar-refractivity contribution in [2.75, 3.05) is 37.4 Å². The van der Waals surface area contributed by atoms with Gasteiger partial charge in [0.05, 0.1) is 24.6 Å². The lowest BCUT2D eigenvalue weighted by Crippen LogP contribution is -2.43. The Morgan fingerprint density at radius 1 is 1.41 bits per heavy atom. The second-order valence-corrected chi connectivity index (χ2v) is 4.12. The van der Waals surface area contributed by atoms with E-state index >= 15 is 0 Å². The first-order chi connectivity index (χ1) is 8.16. The molecule has 0 unspecified atom stereocenters. The zero-order valence-electron chi connectivity index (χ0n) is 9.90. The largest absolute Gasteiger partial charge is 0.397 e. The van der Waals surface area contributed by atoms with Crippen LogP contribution >= 0.6 is 0 Å². The fraction of sp³-hybridized carbons (Fsp3) is 0.417. The monoisotopic (exact) mass is 235 g/mol. The van der Waals surface area contributed by atoms with Gasteiger partial charge in [-0.3, -0.25) is 0 Å². The average Bonchev–Trinajstić information content (AvgIpc) is 2.34. The molecule has 0 aliphatic carbocycles. The van der Waals surface area contributed by atoms with E-state index in [1.165, 1.54) is 0 Å². The van der Waals surface area contributed by atoms with Crippen molar-refractivity contribution in [1.82, 2.24) is 4.90 Å². The standard InChI is InChI=1S/C12H17N3O2/c1-9-2-3-11(10(13)8-9)14-12(16)15-4-6-17-7-5-15/h2-3,8H,4-7,13H2,1H3,(H,14,16). The summed E-state index contributed by atoms with van der Waals surface area (Å²) in [5.41, 5.74) is 8.17. The molecule has 2 amide bonds. The van der Waals surface area contributed by atoms with Crippen LogP contribution in [0.15, 0.2) is 18.2 Å². The van der Waals surface area contributed by atoms with E-state index in [9.17, 15) is 4.79 Å². The number of hydrogen-bond acceptors (Lipinski definition) is 3. The van der Waals surface area contributed by atoms with E-state index in [1.807, 2.05) is 25.1 Å². The lowest BCUT2D eigenvalue weighted by Gasteiger charge is -2.27. The van der Waals surface area contributed by atoms with Crippen molar-refractivity contribution < 1.29 is 9.53 Å². The minimum absolute atomic E-state index is 0.121. The Labute approximate surface area is 101 Å².